The lowest BCUT2D eigenvalue weighted by atomic mass is 9.96. The third kappa shape index (κ3) is 4.58. The third-order valence-electron chi connectivity index (χ3n) is 6.90. The number of likely N-dealkylation sites (tertiary alicyclic amines) is 1. The quantitative estimate of drug-likeness (QED) is 0.693. The minimum atomic E-state index is -0.979. The number of rotatable bonds is 6. The first-order valence-electron chi connectivity index (χ1n) is 11.5. The van der Waals surface area contributed by atoms with Crippen LogP contribution >= 0.6 is 0 Å². The summed E-state index contributed by atoms with van der Waals surface area (Å²) in [6.45, 7) is 4.08. The molecule has 0 saturated carbocycles. The molecule has 2 aliphatic rings. The molecule has 1 aliphatic carbocycles. The molecule has 0 radical (unpaired) electrons. The molecule has 2 N–H and O–H groups in total. The zero-order chi connectivity index (χ0) is 23.5. The summed E-state index contributed by atoms with van der Waals surface area (Å²) in [5.74, 6) is -1.84. The van der Waals surface area contributed by atoms with E-state index in [0.29, 0.717) is 13.0 Å². The van der Waals surface area contributed by atoms with Gasteiger partial charge in [-0.05, 0) is 48.4 Å². The Kier molecular flexibility index (Phi) is 6.67. The maximum atomic E-state index is 12.9. The highest BCUT2D eigenvalue weighted by molar-refractivity contribution is 5.86. The maximum Gasteiger partial charge on any atom is 0.407 e. The van der Waals surface area contributed by atoms with Gasteiger partial charge in [0.15, 0.2) is 0 Å². The summed E-state index contributed by atoms with van der Waals surface area (Å²) in [4.78, 5) is 38.5. The number of carbonyl (C=O) groups excluding carboxylic acids is 2. The van der Waals surface area contributed by atoms with Crippen molar-refractivity contribution < 1.29 is 24.2 Å². The van der Waals surface area contributed by atoms with E-state index in [1.807, 2.05) is 24.3 Å². The van der Waals surface area contributed by atoms with Crippen LogP contribution in [0.15, 0.2) is 48.5 Å². The molecule has 4 rings (SSSR count). The number of carboxylic acid groups (broad SMARTS) is 1. The Balaban J connectivity index is 1.36. The first-order valence-corrected chi connectivity index (χ1v) is 11.5. The van der Waals surface area contributed by atoms with Gasteiger partial charge in [0, 0.05) is 18.5 Å². The van der Waals surface area contributed by atoms with E-state index < -0.39 is 30.1 Å². The average molecular weight is 451 g/mol. The number of nitrogens with one attached hydrogen (secondary N) is 1. The van der Waals surface area contributed by atoms with Gasteiger partial charge >= 0.3 is 12.1 Å². The minimum Gasteiger partial charge on any atom is -0.480 e. The van der Waals surface area contributed by atoms with Gasteiger partial charge in [0.1, 0.15) is 12.6 Å². The molecule has 1 aliphatic heterocycles. The van der Waals surface area contributed by atoms with Gasteiger partial charge in [-0.15, -0.1) is 0 Å². The molecule has 7 nitrogen and oxygen atoms in total. The SMILES string of the molecule is CC(NC(=O)OCC1c2ccccc2-c2ccccc21)C(C)C(=O)N1CCCC[C@@H]1C(=O)O. The van der Waals surface area contributed by atoms with Gasteiger partial charge in [0.05, 0.1) is 5.92 Å². The van der Waals surface area contributed by atoms with Crippen molar-refractivity contribution in [2.75, 3.05) is 13.2 Å². The fraction of sp³-hybridized carbons (Fsp3) is 0.423. The molecule has 1 heterocycles. The van der Waals surface area contributed by atoms with Crippen LogP contribution in [0.2, 0.25) is 0 Å². The summed E-state index contributed by atoms with van der Waals surface area (Å²) in [6.07, 6.45) is 1.46. The average Bonchev–Trinajstić information content (AvgIpc) is 3.15. The standard InChI is InChI=1S/C26H30N2O5/c1-16(24(29)28-14-8-7-13-23(28)25(30)31)17(2)27-26(32)33-15-22-20-11-5-3-9-18(20)19-10-4-6-12-21(19)22/h3-6,9-12,16-17,22-23H,7-8,13-15H2,1-2H3,(H,27,32)(H,30,31)/t16?,17?,23-/m1/s1. The second kappa shape index (κ2) is 9.65. The fourth-order valence-electron chi connectivity index (χ4n) is 4.88. The molecule has 7 heteroatoms. The number of nitrogens with zero attached hydrogens (tertiary/aromatic N) is 1. The van der Waals surface area contributed by atoms with Crippen molar-refractivity contribution in [2.45, 2.75) is 51.1 Å². The van der Waals surface area contributed by atoms with Gasteiger partial charge in [0.2, 0.25) is 5.91 Å². The minimum absolute atomic E-state index is 0.0396. The number of hydrogen-bond acceptors (Lipinski definition) is 4. The topological polar surface area (TPSA) is 95.9 Å². The number of alkyl carbamates (subject to hydrolysis) is 1. The van der Waals surface area contributed by atoms with Crippen LogP contribution in [0, 0.1) is 5.92 Å². The molecular weight excluding hydrogens is 420 g/mol. The predicted octanol–water partition coefficient (Wildman–Crippen LogP) is 4.02. The lowest BCUT2D eigenvalue weighted by Gasteiger charge is -2.36. The first-order chi connectivity index (χ1) is 15.9. The number of amides is 2. The number of carbonyl (C=O) groups is 3. The number of benzene rings is 2. The Morgan fingerprint density at radius 1 is 1.03 bits per heavy atom. The molecule has 0 bridgehead atoms. The Labute approximate surface area is 193 Å². The number of fused-ring (bicyclic) bond motifs is 3. The highest BCUT2D eigenvalue weighted by Gasteiger charge is 2.36. The van der Waals surface area contributed by atoms with E-state index in [4.69, 9.17) is 4.74 Å². The third-order valence-corrected chi connectivity index (χ3v) is 6.90. The molecule has 0 spiro atoms. The van der Waals surface area contributed by atoms with E-state index in [-0.39, 0.29) is 18.4 Å². The molecule has 1 fully saturated rings. The Hall–Kier alpha value is -3.35. The predicted molar refractivity (Wildman–Crippen MR) is 124 cm³/mol. The van der Waals surface area contributed by atoms with Crippen LogP contribution in [0.5, 0.6) is 0 Å². The summed E-state index contributed by atoms with van der Waals surface area (Å²) in [5, 5.41) is 12.2. The van der Waals surface area contributed by atoms with Crippen molar-refractivity contribution in [1.29, 1.82) is 0 Å². The van der Waals surface area contributed by atoms with E-state index >= 15 is 0 Å². The van der Waals surface area contributed by atoms with Gasteiger partial charge in [-0.25, -0.2) is 9.59 Å². The second-order valence-corrected chi connectivity index (χ2v) is 8.93. The Morgan fingerprint density at radius 3 is 2.24 bits per heavy atom. The van der Waals surface area contributed by atoms with Crippen LogP contribution in [-0.4, -0.2) is 53.2 Å². The van der Waals surface area contributed by atoms with Gasteiger partial charge in [-0.2, -0.15) is 0 Å². The highest BCUT2D eigenvalue weighted by Crippen LogP contribution is 2.44. The number of piperidine rings is 1. The van der Waals surface area contributed by atoms with E-state index in [2.05, 4.69) is 29.6 Å². The van der Waals surface area contributed by atoms with Crippen LogP contribution in [0.25, 0.3) is 11.1 Å². The van der Waals surface area contributed by atoms with Crippen molar-refractivity contribution in [3.05, 3.63) is 59.7 Å². The lowest BCUT2D eigenvalue weighted by molar-refractivity contribution is -0.154. The highest BCUT2D eigenvalue weighted by atomic mass is 16.5. The number of hydrogen-bond donors (Lipinski definition) is 2. The molecule has 2 aromatic rings. The molecule has 2 aromatic carbocycles. The summed E-state index contributed by atoms with van der Waals surface area (Å²) >= 11 is 0. The molecule has 2 unspecified atom stereocenters. The smallest absolute Gasteiger partial charge is 0.407 e. The molecule has 0 aromatic heterocycles. The van der Waals surface area contributed by atoms with Gasteiger partial charge in [-0.1, -0.05) is 55.5 Å². The number of ether oxygens (including phenoxy) is 1. The molecule has 3 atom stereocenters. The molecule has 2 amide bonds. The van der Waals surface area contributed by atoms with Crippen molar-refractivity contribution in [3.8, 4) is 11.1 Å². The van der Waals surface area contributed by atoms with E-state index in [0.717, 1.165) is 35.1 Å². The van der Waals surface area contributed by atoms with Crippen molar-refractivity contribution in [1.82, 2.24) is 10.2 Å². The van der Waals surface area contributed by atoms with E-state index in [9.17, 15) is 19.5 Å². The molecular formula is C26H30N2O5. The Bertz CT molecular complexity index is 1010. The summed E-state index contributed by atoms with van der Waals surface area (Å²) in [5.41, 5.74) is 4.58. The zero-order valence-electron chi connectivity index (χ0n) is 19.0. The lowest BCUT2D eigenvalue weighted by Crippen LogP contribution is -2.53. The number of carboxylic acids is 1. The van der Waals surface area contributed by atoms with Crippen molar-refractivity contribution in [3.63, 3.8) is 0 Å². The largest absolute Gasteiger partial charge is 0.480 e. The van der Waals surface area contributed by atoms with Gasteiger partial charge in [-0.3, -0.25) is 4.79 Å². The molecule has 1 saturated heterocycles. The van der Waals surface area contributed by atoms with Crippen LogP contribution in [0.4, 0.5) is 4.79 Å². The summed E-state index contributed by atoms with van der Waals surface area (Å²) in [6, 6.07) is 15.0. The summed E-state index contributed by atoms with van der Waals surface area (Å²) in [7, 11) is 0. The summed E-state index contributed by atoms with van der Waals surface area (Å²) < 4.78 is 5.58. The molecule has 33 heavy (non-hydrogen) atoms. The van der Waals surface area contributed by atoms with Crippen molar-refractivity contribution in [2.24, 2.45) is 5.92 Å². The van der Waals surface area contributed by atoms with Crippen LogP contribution < -0.4 is 5.32 Å². The van der Waals surface area contributed by atoms with Crippen LogP contribution in [0.3, 0.4) is 0 Å². The number of aliphatic carboxylic acids is 1. The zero-order valence-corrected chi connectivity index (χ0v) is 19.0. The Morgan fingerprint density at radius 2 is 1.64 bits per heavy atom. The monoisotopic (exact) mass is 450 g/mol. The van der Waals surface area contributed by atoms with Gasteiger partial charge in [0.25, 0.3) is 0 Å². The fourth-order valence-corrected chi connectivity index (χ4v) is 4.88. The van der Waals surface area contributed by atoms with Crippen molar-refractivity contribution >= 4 is 18.0 Å². The van der Waals surface area contributed by atoms with E-state index in [1.54, 1.807) is 13.8 Å². The molecule has 174 valence electrons. The van der Waals surface area contributed by atoms with Crippen LogP contribution in [0.1, 0.15) is 50.2 Å². The van der Waals surface area contributed by atoms with Crippen LogP contribution in [-0.2, 0) is 14.3 Å². The maximum absolute atomic E-state index is 12.9. The second-order valence-electron chi connectivity index (χ2n) is 8.93. The normalized spacial score (nSPS) is 19.2. The van der Waals surface area contributed by atoms with Gasteiger partial charge < -0.3 is 20.1 Å². The first kappa shape index (κ1) is 22.8. The van der Waals surface area contributed by atoms with E-state index in [1.165, 1.54) is 4.90 Å².